The van der Waals surface area contributed by atoms with Crippen molar-refractivity contribution >= 4 is 11.9 Å². The van der Waals surface area contributed by atoms with E-state index in [0.717, 1.165) is 64.2 Å². The van der Waals surface area contributed by atoms with Crippen molar-refractivity contribution < 1.29 is 19.4 Å². The van der Waals surface area contributed by atoms with Gasteiger partial charge in [0.15, 0.2) is 0 Å². The first-order valence-corrected chi connectivity index (χ1v) is 13.3. The van der Waals surface area contributed by atoms with Gasteiger partial charge in [-0.3, -0.25) is 9.59 Å². The Balaban J connectivity index is 3.73. The molecule has 0 aliphatic rings. The lowest BCUT2D eigenvalue weighted by Crippen LogP contribution is -2.18. The summed E-state index contributed by atoms with van der Waals surface area (Å²) in [5, 5.41) is 8.71. The van der Waals surface area contributed by atoms with Gasteiger partial charge in [-0.25, -0.2) is 0 Å². The van der Waals surface area contributed by atoms with E-state index in [2.05, 4.69) is 38.2 Å². The number of ether oxygens (including phenoxy) is 1. The molecule has 0 amide bonds. The molecule has 0 heterocycles. The third-order valence-electron chi connectivity index (χ3n) is 5.68. The fourth-order valence-corrected chi connectivity index (χ4v) is 3.65. The minimum atomic E-state index is -0.735. The molecule has 0 aliphatic heterocycles. The van der Waals surface area contributed by atoms with Crippen LogP contribution in [-0.2, 0) is 14.3 Å². The summed E-state index contributed by atoms with van der Waals surface area (Å²) in [4.78, 5) is 22.8. The van der Waals surface area contributed by atoms with Gasteiger partial charge in [-0.1, -0.05) is 89.5 Å². The zero-order chi connectivity index (χ0) is 23.7. The van der Waals surface area contributed by atoms with Crippen LogP contribution in [0.4, 0.5) is 0 Å². The first-order chi connectivity index (χ1) is 15.6. The Morgan fingerprint density at radius 1 is 0.688 bits per heavy atom. The Bertz CT molecular complexity index is 496. The molecule has 0 fully saturated rings. The van der Waals surface area contributed by atoms with Crippen LogP contribution >= 0.6 is 0 Å². The minimum Gasteiger partial charge on any atom is -0.481 e. The van der Waals surface area contributed by atoms with E-state index in [-0.39, 0.29) is 18.5 Å². The molecule has 0 saturated heterocycles. The van der Waals surface area contributed by atoms with Crippen LogP contribution in [0.25, 0.3) is 0 Å². The zero-order valence-corrected chi connectivity index (χ0v) is 21.0. The summed E-state index contributed by atoms with van der Waals surface area (Å²) in [5.41, 5.74) is 0. The summed E-state index contributed by atoms with van der Waals surface area (Å²) in [6.45, 7) is 4.37. The van der Waals surface area contributed by atoms with Crippen molar-refractivity contribution in [1.29, 1.82) is 0 Å². The van der Waals surface area contributed by atoms with Crippen LogP contribution in [0.3, 0.4) is 0 Å². The van der Waals surface area contributed by atoms with Crippen molar-refractivity contribution in [3.8, 4) is 0 Å². The third kappa shape index (κ3) is 23.1. The van der Waals surface area contributed by atoms with Crippen LogP contribution in [0.2, 0.25) is 0 Å². The number of esters is 1. The Labute approximate surface area is 197 Å². The van der Waals surface area contributed by atoms with Gasteiger partial charge in [0.1, 0.15) is 6.10 Å². The molecule has 1 N–H and O–H groups in total. The van der Waals surface area contributed by atoms with Crippen molar-refractivity contribution in [2.24, 2.45) is 0 Å². The van der Waals surface area contributed by atoms with Gasteiger partial charge in [0.05, 0.1) is 0 Å². The Morgan fingerprint density at radius 2 is 1.25 bits per heavy atom. The first kappa shape index (κ1) is 30.4. The Kier molecular flexibility index (Phi) is 22.9. The second-order valence-electron chi connectivity index (χ2n) is 8.87. The summed E-state index contributed by atoms with van der Waals surface area (Å²) >= 11 is 0. The van der Waals surface area contributed by atoms with Crippen molar-refractivity contribution in [3.05, 3.63) is 24.3 Å². The van der Waals surface area contributed by atoms with E-state index in [4.69, 9.17) is 9.84 Å². The molecule has 0 saturated carbocycles. The highest BCUT2D eigenvalue weighted by Gasteiger charge is 2.14. The number of carbonyl (C=O) groups excluding carboxylic acids is 1. The molecule has 4 nitrogen and oxygen atoms in total. The highest BCUT2D eigenvalue weighted by Crippen LogP contribution is 2.16. The van der Waals surface area contributed by atoms with Crippen LogP contribution < -0.4 is 0 Å². The molecule has 0 aromatic rings. The van der Waals surface area contributed by atoms with Crippen molar-refractivity contribution in [2.45, 2.75) is 142 Å². The molecule has 4 heteroatoms. The Hall–Kier alpha value is -1.58. The average Bonchev–Trinajstić information content (AvgIpc) is 2.77. The van der Waals surface area contributed by atoms with E-state index in [1.165, 1.54) is 38.5 Å². The van der Waals surface area contributed by atoms with Crippen molar-refractivity contribution in [3.63, 3.8) is 0 Å². The normalized spacial score (nSPS) is 12.6. The minimum absolute atomic E-state index is 0.000514. The Morgan fingerprint density at radius 3 is 1.94 bits per heavy atom. The molecule has 0 spiro atoms. The molecule has 0 rings (SSSR count). The molecule has 1 atom stereocenters. The third-order valence-corrected chi connectivity index (χ3v) is 5.68. The smallest absolute Gasteiger partial charge is 0.306 e. The van der Waals surface area contributed by atoms with Gasteiger partial charge in [-0.15, -0.1) is 0 Å². The number of aliphatic carboxylic acids is 1. The fraction of sp³-hybridized carbons (Fsp3) is 0.786. The standard InChI is InChI=1S/C28H50O4/c1-3-5-7-8-9-10-11-12-13-14-15-16-17-21-25-28(31)32-26(22-6-4-2)23-19-18-20-24-27(29)30/h8-9,11-12,26H,3-7,10,13-25H2,1-2H3,(H,29,30)/b9-8-,12-11-. The van der Waals surface area contributed by atoms with Crippen LogP contribution in [-0.4, -0.2) is 23.1 Å². The van der Waals surface area contributed by atoms with Gasteiger partial charge in [-0.2, -0.15) is 0 Å². The topological polar surface area (TPSA) is 63.6 Å². The van der Waals surface area contributed by atoms with Gasteiger partial charge in [0.2, 0.25) is 0 Å². The van der Waals surface area contributed by atoms with Crippen LogP contribution in [0.15, 0.2) is 24.3 Å². The molecular formula is C28H50O4. The highest BCUT2D eigenvalue weighted by atomic mass is 16.5. The first-order valence-electron chi connectivity index (χ1n) is 13.3. The lowest BCUT2D eigenvalue weighted by molar-refractivity contribution is -0.150. The van der Waals surface area contributed by atoms with Crippen LogP contribution in [0.5, 0.6) is 0 Å². The lowest BCUT2D eigenvalue weighted by atomic mass is 10.0. The van der Waals surface area contributed by atoms with E-state index in [0.29, 0.717) is 12.8 Å². The summed E-state index contributed by atoms with van der Waals surface area (Å²) in [6, 6.07) is 0. The number of hydrogen-bond acceptors (Lipinski definition) is 3. The number of allylic oxidation sites excluding steroid dienone is 4. The number of hydrogen-bond donors (Lipinski definition) is 1. The summed E-state index contributed by atoms with van der Waals surface area (Å²) in [6.07, 6.45) is 27.9. The fourth-order valence-electron chi connectivity index (χ4n) is 3.65. The molecule has 186 valence electrons. The molecule has 0 radical (unpaired) electrons. The van der Waals surface area contributed by atoms with Gasteiger partial charge in [-0.05, 0) is 57.8 Å². The summed E-state index contributed by atoms with van der Waals surface area (Å²) in [5.74, 6) is -0.799. The molecule has 1 unspecified atom stereocenters. The van der Waals surface area contributed by atoms with E-state index < -0.39 is 5.97 Å². The number of unbranched alkanes of at least 4 members (excludes halogenated alkanes) is 10. The maximum Gasteiger partial charge on any atom is 0.306 e. The van der Waals surface area contributed by atoms with Crippen LogP contribution in [0, 0.1) is 0 Å². The maximum atomic E-state index is 12.2. The molecule has 0 bridgehead atoms. The number of carbonyl (C=O) groups is 2. The average molecular weight is 451 g/mol. The van der Waals surface area contributed by atoms with Gasteiger partial charge in [0, 0.05) is 12.8 Å². The molecular weight excluding hydrogens is 400 g/mol. The summed E-state index contributed by atoms with van der Waals surface area (Å²) < 4.78 is 5.72. The summed E-state index contributed by atoms with van der Waals surface area (Å²) in [7, 11) is 0. The van der Waals surface area contributed by atoms with E-state index in [9.17, 15) is 9.59 Å². The lowest BCUT2D eigenvalue weighted by Gasteiger charge is -2.17. The van der Waals surface area contributed by atoms with E-state index >= 15 is 0 Å². The molecule has 32 heavy (non-hydrogen) atoms. The van der Waals surface area contributed by atoms with Gasteiger partial charge >= 0.3 is 11.9 Å². The van der Waals surface area contributed by atoms with Crippen LogP contribution in [0.1, 0.15) is 136 Å². The van der Waals surface area contributed by atoms with Gasteiger partial charge < -0.3 is 9.84 Å². The van der Waals surface area contributed by atoms with Crippen molar-refractivity contribution in [2.75, 3.05) is 0 Å². The van der Waals surface area contributed by atoms with Crippen molar-refractivity contribution in [1.82, 2.24) is 0 Å². The highest BCUT2D eigenvalue weighted by molar-refractivity contribution is 5.69. The number of rotatable bonds is 23. The molecule has 0 aromatic heterocycles. The van der Waals surface area contributed by atoms with Gasteiger partial charge in [0.25, 0.3) is 0 Å². The van der Waals surface area contributed by atoms with E-state index in [1.54, 1.807) is 0 Å². The largest absolute Gasteiger partial charge is 0.481 e. The quantitative estimate of drug-likeness (QED) is 0.0962. The van der Waals surface area contributed by atoms with E-state index in [1.807, 2.05) is 0 Å². The predicted octanol–water partition coefficient (Wildman–Crippen LogP) is 8.55. The number of carboxylic acid groups (broad SMARTS) is 1. The monoisotopic (exact) mass is 450 g/mol. The second kappa shape index (κ2) is 24.1. The predicted molar refractivity (Wildman–Crippen MR) is 135 cm³/mol. The second-order valence-corrected chi connectivity index (χ2v) is 8.87. The maximum absolute atomic E-state index is 12.2. The molecule has 0 aliphatic carbocycles. The zero-order valence-electron chi connectivity index (χ0n) is 21.0. The SMILES string of the molecule is CCCC/C=C\C/C=C\CCCCCCCC(=O)OC(CCCC)CCCCCC(=O)O. The number of carboxylic acids is 1. The molecule has 0 aromatic carbocycles.